The molecule has 2 atom stereocenters. The molecule has 18 heavy (non-hydrogen) atoms. The van der Waals surface area contributed by atoms with Gasteiger partial charge in [0.1, 0.15) is 0 Å². The van der Waals surface area contributed by atoms with Gasteiger partial charge in [0.05, 0.1) is 0 Å². The summed E-state index contributed by atoms with van der Waals surface area (Å²) in [7, 11) is 2.17. The second-order valence-electron chi connectivity index (χ2n) is 5.01. The van der Waals surface area contributed by atoms with Crippen LogP contribution in [0.4, 0.5) is 0 Å². The Morgan fingerprint density at radius 3 is 2.78 bits per heavy atom. The molecule has 2 nitrogen and oxygen atoms in total. The highest BCUT2D eigenvalue weighted by Gasteiger charge is 2.23. The number of rotatable bonds is 3. The fourth-order valence-corrected chi connectivity index (χ4v) is 3.12. The van der Waals surface area contributed by atoms with E-state index in [0.717, 1.165) is 23.7 Å². The number of hydrogen-bond acceptors (Lipinski definition) is 2. The summed E-state index contributed by atoms with van der Waals surface area (Å²) >= 11 is 12.2. The maximum absolute atomic E-state index is 6.28. The van der Waals surface area contributed by atoms with Gasteiger partial charge in [-0.25, -0.2) is 0 Å². The molecule has 2 rings (SSSR count). The average molecular weight is 287 g/mol. The Morgan fingerprint density at radius 2 is 2.17 bits per heavy atom. The van der Waals surface area contributed by atoms with Gasteiger partial charge in [0.15, 0.2) is 0 Å². The van der Waals surface area contributed by atoms with Crippen LogP contribution in [0, 0.1) is 0 Å². The van der Waals surface area contributed by atoms with Crippen molar-refractivity contribution >= 4 is 23.2 Å². The highest BCUT2D eigenvalue weighted by atomic mass is 35.5. The monoisotopic (exact) mass is 286 g/mol. The van der Waals surface area contributed by atoms with E-state index < -0.39 is 0 Å². The molecule has 1 aliphatic heterocycles. The minimum Gasteiger partial charge on any atom is -0.315 e. The number of piperidine rings is 1. The molecule has 0 spiro atoms. The fraction of sp³-hybridized carbons (Fsp3) is 0.571. The quantitative estimate of drug-likeness (QED) is 0.911. The molecule has 0 saturated carbocycles. The van der Waals surface area contributed by atoms with Crippen molar-refractivity contribution in [3.8, 4) is 0 Å². The van der Waals surface area contributed by atoms with E-state index in [1.807, 2.05) is 18.2 Å². The van der Waals surface area contributed by atoms with E-state index in [1.54, 1.807) is 0 Å². The Kier molecular flexibility index (Phi) is 4.91. The van der Waals surface area contributed by atoms with E-state index in [1.165, 1.54) is 12.8 Å². The Hall–Kier alpha value is -0.280. The van der Waals surface area contributed by atoms with Crippen LogP contribution in [0.5, 0.6) is 0 Å². The minimum atomic E-state index is 0.305. The Bertz CT molecular complexity index is 403. The van der Waals surface area contributed by atoms with Crippen molar-refractivity contribution in [2.45, 2.75) is 31.8 Å². The van der Waals surface area contributed by atoms with E-state index in [2.05, 4.69) is 24.2 Å². The molecule has 0 aliphatic carbocycles. The summed E-state index contributed by atoms with van der Waals surface area (Å²) < 4.78 is 0. The molecule has 1 aromatic carbocycles. The number of hydrogen-bond donors (Lipinski definition) is 1. The van der Waals surface area contributed by atoms with Gasteiger partial charge in [-0.2, -0.15) is 0 Å². The van der Waals surface area contributed by atoms with Crippen LogP contribution >= 0.6 is 23.2 Å². The van der Waals surface area contributed by atoms with Crippen molar-refractivity contribution in [2.24, 2.45) is 0 Å². The molecule has 0 radical (unpaired) electrons. The van der Waals surface area contributed by atoms with Crippen LogP contribution in [-0.4, -0.2) is 31.1 Å². The van der Waals surface area contributed by atoms with Gasteiger partial charge < -0.3 is 5.32 Å². The first kappa shape index (κ1) is 14.1. The third-order valence-corrected chi connectivity index (χ3v) is 4.43. The summed E-state index contributed by atoms with van der Waals surface area (Å²) in [4.78, 5) is 2.40. The molecule has 0 amide bonds. The lowest BCUT2D eigenvalue weighted by Gasteiger charge is -2.36. The summed E-state index contributed by atoms with van der Waals surface area (Å²) in [6, 6.07) is 6.65. The van der Waals surface area contributed by atoms with Crippen LogP contribution in [0.15, 0.2) is 18.2 Å². The molecule has 1 saturated heterocycles. The zero-order valence-electron chi connectivity index (χ0n) is 10.9. The van der Waals surface area contributed by atoms with Gasteiger partial charge >= 0.3 is 0 Å². The molecule has 1 fully saturated rings. The van der Waals surface area contributed by atoms with Gasteiger partial charge in [0, 0.05) is 28.7 Å². The third kappa shape index (κ3) is 3.18. The zero-order valence-corrected chi connectivity index (χ0v) is 12.4. The Balaban J connectivity index is 2.11. The minimum absolute atomic E-state index is 0.305. The first-order chi connectivity index (χ1) is 8.59. The second kappa shape index (κ2) is 6.25. The van der Waals surface area contributed by atoms with Crippen LogP contribution in [0.1, 0.15) is 31.4 Å². The summed E-state index contributed by atoms with van der Waals surface area (Å²) in [6.45, 7) is 4.40. The molecular weight excluding hydrogens is 267 g/mol. The molecular formula is C14H20Cl2N2. The number of halogens is 2. The molecule has 1 N–H and O–H groups in total. The van der Waals surface area contributed by atoms with E-state index in [9.17, 15) is 0 Å². The van der Waals surface area contributed by atoms with E-state index in [4.69, 9.17) is 23.2 Å². The Labute approximate surface area is 119 Å². The van der Waals surface area contributed by atoms with Gasteiger partial charge in [-0.15, -0.1) is 0 Å². The van der Waals surface area contributed by atoms with E-state index in [0.29, 0.717) is 17.1 Å². The topological polar surface area (TPSA) is 15.3 Å². The fourth-order valence-electron chi connectivity index (χ4n) is 2.56. The van der Waals surface area contributed by atoms with Crippen molar-refractivity contribution in [2.75, 3.05) is 20.1 Å². The van der Waals surface area contributed by atoms with E-state index >= 15 is 0 Å². The van der Waals surface area contributed by atoms with Gasteiger partial charge in [0.2, 0.25) is 0 Å². The zero-order chi connectivity index (χ0) is 13.1. The van der Waals surface area contributed by atoms with E-state index in [-0.39, 0.29) is 0 Å². The van der Waals surface area contributed by atoms with Crippen LogP contribution < -0.4 is 5.32 Å². The summed E-state index contributed by atoms with van der Waals surface area (Å²) in [5, 5.41) is 4.90. The molecule has 1 aliphatic rings. The number of likely N-dealkylation sites (N-methyl/N-ethyl adjacent to an activating group) is 1. The first-order valence-corrected chi connectivity index (χ1v) is 7.23. The first-order valence-electron chi connectivity index (χ1n) is 6.47. The van der Waals surface area contributed by atoms with Crippen LogP contribution in [0.3, 0.4) is 0 Å². The number of nitrogens with one attached hydrogen (secondary N) is 1. The summed E-state index contributed by atoms with van der Waals surface area (Å²) in [6.07, 6.45) is 2.50. The van der Waals surface area contributed by atoms with Crippen LogP contribution in [-0.2, 0) is 0 Å². The SMILES string of the molecule is CC(c1ccc(Cl)cc1Cl)N(C)C1CCCNC1. The highest BCUT2D eigenvalue weighted by molar-refractivity contribution is 6.35. The molecule has 1 aromatic rings. The number of benzene rings is 1. The molecule has 0 bridgehead atoms. The van der Waals surface area contributed by atoms with Gasteiger partial charge in [-0.05, 0) is 51.1 Å². The summed E-state index contributed by atoms with van der Waals surface area (Å²) in [5.74, 6) is 0. The van der Waals surface area contributed by atoms with Crippen molar-refractivity contribution < 1.29 is 0 Å². The lowest BCUT2D eigenvalue weighted by Crippen LogP contribution is -2.45. The smallest absolute Gasteiger partial charge is 0.0468 e. The Morgan fingerprint density at radius 1 is 1.39 bits per heavy atom. The maximum Gasteiger partial charge on any atom is 0.0468 e. The molecule has 4 heteroatoms. The molecule has 0 aromatic heterocycles. The van der Waals surface area contributed by atoms with Crippen molar-refractivity contribution in [3.05, 3.63) is 33.8 Å². The molecule has 100 valence electrons. The lowest BCUT2D eigenvalue weighted by molar-refractivity contribution is 0.156. The number of nitrogens with zero attached hydrogens (tertiary/aromatic N) is 1. The summed E-state index contributed by atoms with van der Waals surface area (Å²) in [5.41, 5.74) is 1.15. The predicted octanol–water partition coefficient (Wildman–Crippen LogP) is 3.74. The van der Waals surface area contributed by atoms with Crippen molar-refractivity contribution in [1.29, 1.82) is 0 Å². The normalized spacial score (nSPS) is 22.2. The van der Waals surface area contributed by atoms with Crippen molar-refractivity contribution in [1.82, 2.24) is 10.2 Å². The average Bonchev–Trinajstić information content (AvgIpc) is 2.38. The second-order valence-corrected chi connectivity index (χ2v) is 5.85. The maximum atomic E-state index is 6.28. The standard InChI is InChI=1S/C14H20Cl2N2/c1-10(13-6-5-11(15)8-14(13)16)18(2)12-4-3-7-17-9-12/h5-6,8,10,12,17H,3-4,7,9H2,1-2H3. The van der Waals surface area contributed by atoms with Crippen LogP contribution in [0.2, 0.25) is 10.0 Å². The van der Waals surface area contributed by atoms with Crippen LogP contribution in [0.25, 0.3) is 0 Å². The van der Waals surface area contributed by atoms with Gasteiger partial charge in [-0.3, -0.25) is 4.90 Å². The lowest BCUT2D eigenvalue weighted by atomic mass is 10.0. The highest BCUT2D eigenvalue weighted by Crippen LogP contribution is 2.30. The van der Waals surface area contributed by atoms with Crippen molar-refractivity contribution in [3.63, 3.8) is 0 Å². The molecule has 1 heterocycles. The van der Waals surface area contributed by atoms with Gasteiger partial charge in [-0.1, -0.05) is 29.3 Å². The molecule has 2 unspecified atom stereocenters. The predicted molar refractivity (Wildman–Crippen MR) is 78.5 cm³/mol. The third-order valence-electron chi connectivity index (χ3n) is 3.87. The largest absolute Gasteiger partial charge is 0.315 e. The van der Waals surface area contributed by atoms with Gasteiger partial charge in [0.25, 0.3) is 0 Å².